The zero-order valence-corrected chi connectivity index (χ0v) is 13.8. The Morgan fingerprint density at radius 3 is 2.71 bits per heavy atom. The van der Waals surface area contributed by atoms with Gasteiger partial charge in [-0.25, -0.2) is 4.39 Å². The summed E-state index contributed by atoms with van der Waals surface area (Å²) in [6.07, 6.45) is 3.87. The van der Waals surface area contributed by atoms with E-state index in [4.69, 9.17) is 0 Å². The minimum Gasteiger partial charge on any atom is -0.354 e. The molecule has 5 nitrogen and oxygen atoms in total. The van der Waals surface area contributed by atoms with Gasteiger partial charge in [0, 0.05) is 25.2 Å². The Kier molecular flexibility index (Phi) is 5.45. The maximum absolute atomic E-state index is 13.0. The van der Waals surface area contributed by atoms with E-state index in [1.54, 1.807) is 4.90 Å². The molecule has 6 heteroatoms. The third-order valence-corrected chi connectivity index (χ3v) is 4.84. The SMILES string of the molecule is O=C(NC[C@H]1CCCN(C(=O)c2ccc(F)cc2)C1)[C@@H]1CCCN1. The van der Waals surface area contributed by atoms with Crippen LogP contribution in [-0.2, 0) is 4.79 Å². The highest BCUT2D eigenvalue weighted by Gasteiger charge is 2.26. The number of amides is 2. The van der Waals surface area contributed by atoms with E-state index >= 15 is 0 Å². The number of benzene rings is 1. The van der Waals surface area contributed by atoms with Gasteiger partial charge < -0.3 is 15.5 Å². The van der Waals surface area contributed by atoms with Gasteiger partial charge in [0.05, 0.1) is 6.04 Å². The van der Waals surface area contributed by atoms with Crippen LogP contribution in [0.2, 0.25) is 0 Å². The van der Waals surface area contributed by atoms with Crippen LogP contribution in [0.4, 0.5) is 4.39 Å². The van der Waals surface area contributed by atoms with Crippen LogP contribution in [0.1, 0.15) is 36.0 Å². The van der Waals surface area contributed by atoms with E-state index in [2.05, 4.69) is 10.6 Å². The van der Waals surface area contributed by atoms with E-state index in [9.17, 15) is 14.0 Å². The first-order valence-electron chi connectivity index (χ1n) is 8.69. The van der Waals surface area contributed by atoms with E-state index in [0.717, 1.165) is 32.2 Å². The van der Waals surface area contributed by atoms with E-state index in [-0.39, 0.29) is 29.6 Å². The quantitative estimate of drug-likeness (QED) is 0.879. The van der Waals surface area contributed by atoms with Crippen LogP contribution in [0, 0.1) is 11.7 Å². The second kappa shape index (κ2) is 7.75. The van der Waals surface area contributed by atoms with Gasteiger partial charge in [0.1, 0.15) is 5.82 Å². The van der Waals surface area contributed by atoms with Gasteiger partial charge in [-0.1, -0.05) is 0 Å². The van der Waals surface area contributed by atoms with Gasteiger partial charge in [-0.05, 0) is 62.4 Å². The van der Waals surface area contributed by atoms with Gasteiger partial charge in [-0.15, -0.1) is 0 Å². The fourth-order valence-electron chi connectivity index (χ4n) is 3.47. The number of likely N-dealkylation sites (tertiary alicyclic amines) is 1. The predicted molar refractivity (Wildman–Crippen MR) is 89.1 cm³/mol. The molecule has 1 aromatic carbocycles. The van der Waals surface area contributed by atoms with Gasteiger partial charge in [0.15, 0.2) is 0 Å². The van der Waals surface area contributed by atoms with Crippen LogP contribution in [-0.4, -0.2) is 48.9 Å². The average molecular weight is 333 g/mol. The number of nitrogens with zero attached hydrogens (tertiary/aromatic N) is 1. The van der Waals surface area contributed by atoms with E-state index in [1.165, 1.54) is 24.3 Å². The largest absolute Gasteiger partial charge is 0.354 e. The summed E-state index contributed by atoms with van der Waals surface area (Å²) >= 11 is 0. The summed E-state index contributed by atoms with van der Waals surface area (Å²) < 4.78 is 13.0. The Hall–Kier alpha value is -1.95. The number of carbonyl (C=O) groups excluding carboxylic acids is 2. The minimum atomic E-state index is -0.341. The number of hydrogen-bond acceptors (Lipinski definition) is 3. The molecule has 2 atom stereocenters. The van der Waals surface area contributed by atoms with Crippen molar-refractivity contribution in [2.75, 3.05) is 26.2 Å². The molecule has 0 aliphatic carbocycles. The predicted octanol–water partition coefficient (Wildman–Crippen LogP) is 1.55. The molecule has 2 aliphatic heterocycles. The zero-order chi connectivity index (χ0) is 16.9. The first-order valence-corrected chi connectivity index (χ1v) is 8.69. The Morgan fingerprint density at radius 2 is 2.00 bits per heavy atom. The Labute approximate surface area is 141 Å². The molecular weight excluding hydrogens is 309 g/mol. The maximum Gasteiger partial charge on any atom is 0.253 e. The number of nitrogens with one attached hydrogen (secondary N) is 2. The van der Waals surface area contributed by atoms with Crippen LogP contribution in [0.25, 0.3) is 0 Å². The molecule has 0 spiro atoms. The molecule has 2 amide bonds. The number of carbonyl (C=O) groups is 2. The van der Waals surface area contributed by atoms with Crippen LogP contribution in [0.15, 0.2) is 24.3 Å². The molecule has 2 fully saturated rings. The van der Waals surface area contributed by atoms with Gasteiger partial charge in [0.2, 0.25) is 5.91 Å². The summed E-state index contributed by atoms with van der Waals surface area (Å²) in [5.41, 5.74) is 0.510. The zero-order valence-electron chi connectivity index (χ0n) is 13.8. The fraction of sp³-hybridized carbons (Fsp3) is 0.556. The van der Waals surface area contributed by atoms with Gasteiger partial charge in [0.25, 0.3) is 5.91 Å². The molecule has 2 N–H and O–H groups in total. The minimum absolute atomic E-state index is 0.0643. The Balaban J connectivity index is 1.51. The summed E-state index contributed by atoms with van der Waals surface area (Å²) in [6.45, 7) is 2.85. The summed E-state index contributed by atoms with van der Waals surface area (Å²) in [7, 11) is 0. The van der Waals surface area contributed by atoms with Crippen molar-refractivity contribution in [3.8, 4) is 0 Å². The van der Waals surface area contributed by atoms with Gasteiger partial charge in [-0.3, -0.25) is 9.59 Å². The average Bonchev–Trinajstić information content (AvgIpc) is 3.15. The first-order chi connectivity index (χ1) is 11.6. The fourth-order valence-corrected chi connectivity index (χ4v) is 3.47. The van der Waals surface area contributed by atoms with Crippen molar-refractivity contribution in [1.29, 1.82) is 0 Å². The monoisotopic (exact) mass is 333 g/mol. The molecule has 3 rings (SSSR count). The molecule has 0 unspecified atom stereocenters. The molecule has 0 bridgehead atoms. The summed E-state index contributed by atoms with van der Waals surface area (Å²) in [6, 6.07) is 5.60. The van der Waals surface area contributed by atoms with Crippen molar-refractivity contribution < 1.29 is 14.0 Å². The van der Waals surface area contributed by atoms with Crippen molar-refractivity contribution >= 4 is 11.8 Å². The summed E-state index contributed by atoms with van der Waals surface area (Å²) in [5.74, 6) is -0.0715. The molecule has 0 aromatic heterocycles. The number of piperidine rings is 1. The highest BCUT2D eigenvalue weighted by Crippen LogP contribution is 2.18. The highest BCUT2D eigenvalue weighted by atomic mass is 19.1. The van der Waals surface area contributed by atoms with Crippen LogP contribution < -0.4 is 10.6 Å². The topological polar surface area (TPSA) is 61.4 Å². The third kappa shape index (κ3) is 4.12. The highest BCUT2D eigenvalue weighted by molar-refractivity contribution is 5.94. The Bertz CT molecular complexity index is 584. The lowest BCUT2D eigenvalue weighted by atomic mass is 9.97. The molecule has 0 radical (unpaired) electrons. The normalized spacial score (nSPS) is 24.0. The van der Waals surface area contributed by atoms with Crippen molar-refractivity contribution in [1.82, 2.24) is 15.5 Å². The first kappa shape index (κ1) is 16.9. The number of hydrogen-bond donors (Lipinski definition) is 2. The van der Waals surface area contributed by atoms with Crippen LogP contribution >= 0.6 is 0 Å². The molecule has 2 aliphatic rings. The molecule has 2 saturated heterocycles. The number of halogens is 1. The lowest BCUT2D eigenvalue weighted by Gasteiger charge is -2.33. The third-order valence-electron chi connectivity index (χ3n) is 4.84. The molecule has 2 heterocycles. The van der Waals surface area contributed by atoms with E-state index < -0.39 is 0 Å². The molecule has 130 valence electrons. The van der Waals surface area contributed by atoms with Crippen LogP contribution in [0.3, 0.4) is 0 Å². The van der Waals surface area contributed by atoms with Gasteiger partial charge in [-0.2, -0.15) is 0 Å². The second-order valence-corrected chi connectivity index (χ2v) is 6.66. The van der Waals surface area contributed by atoms with Crippen LogP contribution in [0.5, 0.6) is 0 Å². The van der Waals surface area contributed by atoms with Crippen molar-refractivity contribution in [2.45, 2.75) is 31.7 Å². The second-order valence-electron chi connectivity index (χ2n) is 6.66. The van der Waals surface area contributed by atoms with Gasteiger partial charge >= 0.3 is 0 Å². The van der Waals surface area contributed by atoms with Crippen molar-refractivity contribution in [3.05, 3.63) is 35.6 Å². The number of rotatable bonds is 4. The summed E-state index contributed by atoms with van der Waals surface area (Å²) in [5, 5.41) is 6.20. The smallest absolute Gasteiger partial charge is 0.253 e. The Morgan fingerprint density at radius 1 is 1.21 bits per heavy atom. The molecular formula is C18H24FN3O2. The molecule has 24 heavy (non-hydrogen) atoms. The van der Waals surface area contributed by atoms with Crippen molar-refractivity contribution in [3.63, 3.8) is 0 Å². The van der Waals surface area contributed by atoms with Crippen molar-refractivity contribution in [2.24, 2.45) is 5.92 Å². The lowest BCUT2D eigenvalue weighted by molar-refractivity contribution is -0.123. The standard InChI is InChI=1S/C18H24FN3O2/c19-15-7-5-14(6-8-15)18(24)22-10-2-3-13(12-22)11-21-17(23)16-4-1-9-20-16/h5-8,13,16,20H,1-4,9-12H2,(H,21,23)/t13-,16+/m1/s1. The molecule has 0 saturated carbocycles. The lowest BCUT2D eigenvalue weighted by Crippen LogP contribution is -2.46. The molecule has 1 aromatic rings. The van der Waals surface area contributed by atoms with E-state index in [1.807, 2.05) is 0 Å². The van der Waals surface area contributed by atoms with E-state index in [0.29, 0.717) is 25.2 Å². The maximum atomic E-state index is 13.0. The summed E-state index contributed by atoms with van der Waals surface area (Å²) in [4.78, 5) is 26.4.